The van der Waals surface area contributed by atoms with Gasteiger partial charge in [-0.2, -0.15) is 0 Å². The predicted octanol–water partition coefficient (Wildman–Crippen LogP) is 3.10. The highest BCUT2D eigenvalue weighted by Crippen LogP contribution is 2.21. The van der Waals surface area contributed by atoms with Crippen LogP contribution in [0, 0.1) is 0 Å². The first kappa shape index (κ1) is 19.6. The maximum absolute atomic E-state index is 12.0. The monoisotopic (exact) mass is 380 g/mol. The molecule has 0 aromatic heterocycles. The van der Waals surface area contributed by atoms with E-state index in [1.165, 1.54) is 0 Å². The number of carbonyl (C=O) groups is 3. The van der Waals surface area contributed by atoms with Crippen LogP contribution in [-0.4, -0.2) is 30.7 Å². The molecule has 2 aromatic carbocycles. The molecule has 28 heavy (non-hydrogen) atoms. The summed E-state index contributed by atoms with van der Waals surface area (Å²) in [6, 6.07) is 14.4. The summed E-state index contributed by atoms with van der Waals surface area (Å²) in [5.41, 5.74) is 2.48. The number of ketones is 1. The van der Waals surface area contributed by atoms with Crippen LogP contribution in [0.4, 0.5) is 5.69 Å². The molecule has 6 nitrogen and oxygen atoms in total. The largest absolute Gasteiger partial charge is 0.484 e. The molecule has 1 heterocycles. The standard InChI is InChI=1S/C22H24N2O4/c1-2-20(25)17-7-11-19(12-8-17)28-15-21(26)23-14-16-5-9-18(10-6-16)24-13-3-4-22(24)27/h5-12H,2-4,13-15H2,1H3,(H,23,26). The molecule has 146 valence electrons. The smallest absolute Gasteiger partial charge is 0.258 e. The molecule has 0 radical (unpaired) electrons. The SMILES string of the molecule is CCC(=O)c1ccc(OCC(=O)NCc2ccc(N3CCCC3=O)cc2)cc1. The van der Waals surface area contributed by atoms with Crippen LogP contribution in [0.15, 0.2) is 48.5 Å². The third-order valence-electron chi connectivity index (χ3n) is 4.68. The second-order valence-corrected chi connectivity index (χ2v) is 6.68. The molecule has 0 spiro atoms. The normalized spacial score (nSPS) is 13.5. The fourth-order valence-electron chi connectivity index (χ4n) is 3.06. The molecule has 1 saturated heterocycles. The Kier molecular flexibility index (Phi) is 6.42. The second kappa shape index (κ2) is 9.17. The van der Waals surface area contributed by atoms with Gasteiger partial charge in [-0.1, -0.05) is 19.1 Å². The number of hydrogen-bond acceptors (Lipinski definition) is 4. The third kappa shape index (κ3) is 4.97. The van der Waals surface area contributed by atoms with Crippen molar-refractivity contribution in [3.63, 3.8) is 0 Å². The van der Waals surface area contributed by atoms with Gasteiger partial charge in [-0.15, -0.1) is 0 Å². The first-order valence-electron chi connectivity index (χ1n) is 9.49. The summed E-state index contributed by atoms with van der Waals surface area (Å²) in [7, 11) is 0. The number of amides is 2. The molecule has 1 aliphatic heterocycles. The molecule has 0 atom stereocenters. The Balaban J connectivity index is 1.44. The molecule has 0 saturated carbocycles. The average Bonchev–Trinajstić information content (AvgIpc) is 3.16. The number of nitrogens with one attached hydrogen (secondary N) is 1. The minimum Gasteiger partial charge on any atom is -0.484 e. The summed E-state index contributed by atoms with van der Waals surface area (Å²) in [5, 5.41) is 2.81. The minimum atomic E-state index is -0.229. The van der Waals surface area contributed by atoms with Gasteiger partial charge in [0, 0.05) is 37.2 Å². The van der Waals surface area contributed by atoms with E-state index in [9.17, 15) is 14.4 Å². The zero-order chi connectivity index (χ0) is 19.9. The lowest BCUT2D eigenvalue weighted by molar-refractivity contribution is -0.123. The summed E-state index contributed by atoms with van der Waals surface area (Å²) in [5.74, 6) is 0.546. The van der Waals surface area contributed by atoms with Gasteiger partial charge in [0.2, 0.25) is 5.91 Å². The maximum atomic E-state index is 12.0. The van der Waals surface area contributed by atoms with Gasteiger partial charge in [0.15, 0.2) is 12.4 Å². The van der Waals surface area contributed by atoms with Crippen molar-refractivity contribution in [3.8, 4) is 5.75 Å². The number of anilines is 1. The van der Waals surface area contributed by atoms with Gasteiger partial charge in [-0.25, -0.2) is 0 Å². The summed E-state index contributed by atoms with van der Waals surface area (Å²) in [4.78, 5) is 37.1. The summed E-state index contributed by atoms with van der Waals surface area (Å²) < 4.78 is 5.46. The van der Waals surface area contributed by atoms with Gasteiger partial charge in [-0.3, -0.25) is 14.4 Å². The fourth-order valence-corrected chi connectivity index (χ4v) is 3.06. The number of carbonyl (C=O) groups excluding carboxylic acids is 3. The van der Waals surface area contributed by atoms with Crippen LogP contribution in [0.2, 0.25) is 0 Å². The lowest BCUT2D eigenvalue weighted by Crippen LogP contribution is -2.28. The van der Waals surface area contributed by atoms with Crippen molar-refractivity contribution < 1.29 is 19.1 Å². The number of benzene rings is 2. The van der Waals surface area contributed by atoms with E-state index in [1.54, 1.807) is 29.2 Å². The average molecular weight is 380 g/mol. The van der Waals surface area contributed by atoms with E-state index in [1.807, 2.05) is 31.2 Å². The predicted molar refractivity (Wildman–Crippen MR) is 106 cm³/mol. The van der Waals surface area contributed by atoms with Crippen LogP contribution < -0.4 is 15.0 Å². The summed E-state index contributed by atoms with van der Waals surface area (Å²) >= 11 is 0. The van der Waals surface area contributed by atoms with E-state index < -0.39 is 0 Å². The van der Waals surface area contributed by atoms with Crippen LogP contribution in [0.1, 0.15) is 42.1 Å². The minimum absolute atomic E-state index is 0.0735. The molecular formula is C22H24N2O4. The Labute approximate surface area is 164 Å². The molecule has 0 aliphatic carbocycles. The van der Waals surface area contributed by atoms with Crippen LogP contribution in [-0.2, 0) is 16.1 Å². The maximum Gasteiger partial charge on any atom is 0.258 e. The molecule has 2 amide bonds. The van der Waals surface area contributed by atoms with Crippen molar-refractivity contribution in [1.29, 1.82) is 0 Å². The Hall–Kier alpha value is -3.15. The van der Waals surface area contributed by atoms with Gasteiger partial charge in [0.25, 0.3) is 5.91 Å². The van der Waals surface area contributed by atoms with Crippen molar-refractivity contribution in [2.45, 2.75) is 32.7 Å². The summed E-state index contributed by atoms with van der Waals surface area (Å²) in [6.07, 6.45) is 1.96. The van der Waals surface area contributed by atoms with Gasteiger partial charge in [0.1, 0.15) is 5.75 Å². The zero-order valence-corrected chi connectivity index (χ0v) is 15.9. The number of Topliss-reactive ketones (excluding diaryl/α,β-unsaturated/α-hetero) is 1. The second-order valence-electron chi connectivity index (χ2n) is 6.68. The van der Waals surface area contributed by atoms with Crippen LogP contribution in [0.3, 0.4) is 0 Å². The highest BCUT2D eigenvalue weighted by molar-refractivity contribution is 5.96. The van der Waals surface area contributed by atoms with Gasteiger partial charge >= 0.3 is 0 Å². The van der Waals surface area contributed by atoms with Crippen molar-refractivity contribution in [3.05, 3.63) is 59.7 Å². The zero-order valence-electron chi connectivity index (χ0n) is 15.9. The molecule has 1 fully saturated rings. The molecule has 3 rings (SSSR count). The van der Waals surface area contributed by atoms with E-state index in [0.29, 0.717) is 30.7 Å². The molecule has 0 unspecified atom stereocenters. The van der Waals surface area contributed by atoms with Crippen molar-refractivity contribution in [2.75, 3.05) is 18.1 Å². The molecule has 0 bridgehead atoms. The lowest BCUT2D eigenvalue weighted by atomic mass is 10.1. The Morgan fingerprint density at radius 2 is 1.79 bits per heavy atom. The topological polar surface area (TPSA) is 75.7 Å². The van der Waals surface area contributed by atoms with Crippen molar-refractivity contribution in [1.82, 2.24) is 5.32 Å². The number of ether oxygens (including phenoxy) is 1. The van der Waals surface area contributed by atoms with Gasteiger partial charge in [0.05, 0.1) is 0 Å². The highest BCUT2D eigenvalue weighted by Gasteiger charge is 2.21. The van der Waals surface area contributed by atoms with Crippen LogP contribution in [0.5, 0.6) is 5.75 Å². The molecule has 1 aliphatic rings. The highest BCUT2D eigenvalue weighted by atomic mass is 16.5. The molecule has 6 heteroatoms. The quantitative estimate of drug-likeness (QED) is 0.714. The summed E-state index contributed by atoms with van der Waals surface area (Å²) in [6.45, 7) is 2.87. The third-order valence-corrected chi connectivity index (χ3v) is 4.68. The van der Waals surface area contributed by atoms with E-state index in [4.69, 9.17) is 4.74 Å². The first-order chi connectivity index (χ1) is 13.6. The number of rotatable bonds is 8. The lowest BCUT2D eigenvalue weighted by Gasteiger charge is -2.16. The van der Waals surface area contributed by atoms with Crippen molar-refractivity contribution >= 4 is 23.3 Å². The Morgan fingerprint density at radius 1 is 1.07 bits per heavy atom. The van der Waals surface area contributed by atoms with Gasteiger partial charge in [-0.05, 0) is 48.4 Å². The molecule has 1 N–H and O–H groups in total. The molecule has 2 aromatic rings. The first-order valence-corrected chi connectivity index (χ1v) is 9.49. The van der Waals surface area contributed by atoms with Crippen molar-refractivity contribution in [2.24, 2.45) is 0 Å². The van der Waals surface area contributed by atoms with E-state index in [0.717, 1.165) is 24.2 Å². The van der Waals surface area contributed by atoms with E-state index in [-0.39, 0.29) is 24.2 Å². The van der Waals surface area contributed by atoms with Gasteiger partial charge < -0.3 is 15.0 Å². The van der Waals surface area contributed by atoms with Crippen LogP contribution >= 0.6 is 0 Å². The van der Waals surface area contributed by atoms with Crippen LogP contribution in [0.25, 0.3) is 0 Å². The molecular weight excluding hydrogens is 356 g/mol. The number of nitrogens with zero attached hydrogens (tertiary/aromatic N) is 1. The fraction of sp³-hybridized carbons (Fsp3) is 0.318. The van der Waals surface area contributed by atoms with E-state index >= 15 is 0 Å². The number of hydrogen-bond donors (Lipinski definition) is 1. The Morgan fingerprint density at radius 3 is 2.39 bits per heavy atom. The Bertz CT molecular complexity index is 844. The van der Waals surface area contributed by atoms with E-state index in [2.05, 4.69) is 5.32 Å².